The van der Waals surface area contributed by atoms with Crippen LogP contribution >= 0.6 is 12.2 Å². The van der Waals surface area contributed by atoms with Crippen molar-refractivity contribution in [3.05, 3.63) is 76.9 Å². The lowest BCUT2D eigenvalue weighted by atomic mass is 9.97. The Morgan fingerprint density at radius 1 is 1.05 bits per heavy atom. The van der Waals surface area contributed by atoms with Crippen LogP contribution in [-0.4, -0.2) is 4.86 Å². The molecule has 0 aliphatic heterocycles. The summed E-state index contributed by atoms with van der Waals surface area (Å²) < 4.78 is 0. The summed E-state index contributed by atoms with van der Waals surface area (Å²) in [6.45, 7) is 4.45. The van der Waals surface area contributed by atoms with E-state index in [9.17, 15) is 0 Å². The molecule has 0 fully saturated rings. The molecule has 0 unspecified atom stereocenters. The summed E-state index contributed by atoms with van der Waals surface area (Å²) in [7, 11) is 0. The maximum Gasteiger partial charge on any atom is 0.0449 e. The Morgan fingerprint density at radius 3 is 2.50 bits per heavy atom. The minimum absolute atomic E-state index is 0.890. The minimum Gasteiger partial charge on any atom is -0.0795 e. The minimum atomic E-state index is 0.890. The van der Waals surface area contributed by atoms with Gasteiger partial charge in [-0.1, -0.05) is 87.1 Å². The van der Waals surface area contributed by atoms with E-state index < -0.39 is 0 Å². The van der Waals surface area contributed by atoms with Crippen LogP contribution in [0.25, 0.3) is 6.08 Å². The van der Waals surface area contributed by atoms with E-state index in [0.717, 1.165) is 23.3 Å². The Labute approximate surface area is 139 Å². The molecule has 0 aliphatic rings. The third kappa shape index (κ3) is 4.64. The average Bonchev–Trinajstić information content (AvgIpc) is 2.58. The maximum absolute atomic E-state index is 5.51. The van der Waals surface area contributed by atoms with Gasteiger partial charge in [0.25, 0.3) is 0 Å². The first-order valence-electron chi connectivity index (χ1n) is 8.13. The molecule has 22 heavy (non-hydrogen) atoms. The van der Waals surface area contributed by atoms with Crippen LogP contribution in [0.3, 0.4) is 0 Å². The zero-order valence-electron chi connectivity index (χ0n) is 13.5. The zero-order chi connectivity index (χ0) is 15.8. The Bertz CT molecular complexity index is 638. The quantitative estimate of drug-likeness (QED) is 0.342. The van der Waals surface area contributed by atoms with Crippen molar-refractivity contribution < 1.29 is 0 Å². The first kappa shape index (κ1) is 16.6. The van der Waals surface area contributed by atoms with Gasteiger partial charge in [-0.05, 0) is 47.6 Å². The summed E-state index contributed by atoms with van der Waals surface area (Å²) in [5.41, 5.74) is 5.25. The molecule has 2 aromatic carbocycles. The SMILES string of the molecule is CCCCc1cc(CC)ccc1C=CC(=S)c1ccccc1. The second kappa shape index (κ2) is 8.65. The van der Waals surface area contributed by atoms with Crippen LogP contribution in [0.15, 0.2) is 54.6 Å². The summed E-state index contributed by atoms with van der Waals surface area (Å²) in [4.78, 5) is 0.890. The summed E-state index contributed by atoms with van der Waals surface area (Å²) in [5, 5.41) is 0. The molecule has 0 saturated carbocycles. The Kier molecular flexibility index (Phi) is 6.54. The van der Waals surface area contributed by atoms with Crippen molar-refractivity contribution in [2.45, 2.75) is 39.5 Å². The van der Waals surface area contributed by atoms with Gasteiger partial charge in [0.15, 0.2) is 0 Å². The monoisotopic (exact) mass is 308 g/mol. The van der Waals surface area contributed by atoms with Gasteiger partial charge in [-0.3, -0.25) is 0 Å². The van der Waals surface area contributed by atoms with Gasteiger partial charge in [-0.15, -0.1) is 0 Å². The predicted molar refractivity (Wildman–Crippen MR) is 102 cm³/mol. The van der Waals surface area contributed by atoms with Crippen molar-refractivity contribution >= 4 is 23.2 Å². The molecule has 0 saturated heterocycles. The molecule has 0 amide bonds. The predicted octanol–water partition coefficient (Wildman–Crippen LogP) is 6.02. The highest BCUT2D eigenvalue weighted by atomic mass is 32.1. The zero-order valence-corrected chi connectivity index (χ0v) is 14.3. The number of rotatable bonds is 7. The van der Waals surface area contributed by atoms with Gasteiger partial charge >= 0.3 is 0 Å². The fraction of sp³-hybridized carbons (Fsp3) is 0.286. The highest BCUT2D eigenvalue weighted by molar-refractivity contribution is 7.81. The van der Waals surface area contributed by atoms with Crippen LogP contribution in [0.1, 0.15) is 48.9 Å². The van der Waals surface area contributed by atoms with Crippen LogP contribution in [0.2, 0.25) is 0 Å². The van der Waals surface area contributed by atoms with Gasteiger partial charge < -0.3 is 0 Å². The van der Waals surface area contributed by atoms with Crippen molar-refractivity contribution in [3.8, 4) is 0 Å². The van der Waals surface area contributed by atoms with Gasteiger partial charge in [0, 0.05) is 4.86 Å². The lowest BCUT2D eigenvalue weighted by Gasteiger charge is -2.08. The van der Waals surface area contributed by atoms with Crippen LogP contribution in [0.5, 0.6) is 0 Å². The van der Waals surface area contributed by atoms with Crippen LogP contribution in [0.4, 0.5) is 0 Å². The topological polar surface area (TPSA) is 0 Å². The lowest BCUT2D eigenvalue weighted by molar-refractivity contribution is 0.793. The van der Waals surface area contributed by atoms with Crippen LogP contribution < -0.4 is 0 Å². The molecule has 2 aromatic rings. The number of benzene rings is 2. The number of allylic oxidation sites excluding steroid dienone is 1. The molecule has 1 heteroatoms. The van der Waals surface area contributed by atoms with E-state index in [4.69, 9.17) is 12.2 Å². The maximum atomic E-state index is 5.51. The number of aryl methyl sites for hydroxylation is 2. The first-order chi connectivity index (χ1) is 10.7. The van der Waals surface area contributed by atoms with Crippen molar-refractivity contribution in [1.82, 2.24) is 0 Å². The van der Waals surface area contributed by atoms with E-state index in [0.29, 0.717) is 0 Å². The summed E-state index contributed by atoms with van der Waals surface area (Å²) >= 11 is 5.51. The highest BCUT2D eigenvalue weighted by Crippen LogP contribution is 2.18. The molecule has 0 bridgehead atoms. The largest absolute Gasteiger partial charge is 0.0795 e. The van der Waals surface area contributed by atoms with Gasteiger partial charge in [0.05, 0.1) is 0 Å². The fourth-order valence-corrected chi connectivity index (χ4v) is 2.69. The first-order valence-corrected chi connectivity index (χ1v) is 8.54. The smallest absolute Gasteiger partial charge is 0.0449 e. The third-order valence-electron chi connectivity index (χ3n) is 3.89. The molecular weight excluding hydrogens is 284 g/mol. The van der Waals surface area contributed by atoms with Gasteiger partial charge in [0.2, 0.25) is 0 Å². The Morgan fingerprint density at radius 2 is 1.82 bits per heavy atom. The summed E-state index contributed by atoms with van der Waals surface area (Å²) in [6.07, 6.45) is 8.91. The average molecular weight is 308 g/mol. The Hall–Kier alpha value is -1.73. The summed E-state index contributed by atoms with van der Waals surface area (Å²) in [6, 6.07) is 17.0. The molecule has 0 radical (unpaired) electrons. The standard InChI is InChI=1S/C21H24S/c1-3-5-9-20-16-17(4-2)12-13-18(20)14-15-21(22)19-10-7-6-8-11-19/h6-8,10-16H,3-5,9H2,1-2H3. The molecular formula is C21H24S. The van der Waals surface area contributed by atoms with Gasteiger partial charge in [-0.25, -0.2) is 0 Å². The van der Waals surface area contributed by atoms with E-state index in [1.807, 2.05) is 18.2 Å². The lowest BCUT2D eigenvalue weighted by Crippen LogP contribution is -1.94. The number of thiocarbonyl (C=S) groups is 1. The molecule has 114 valence electrons. The van der Waals surface area contributed by atoms with Gasteiger partial charge in [-0.2, -0.15) is 0 Å². The molecule has 0 N–H and O–H groups in total. The molecule has 0 aliphatic carbocycles. The molecule has 0 spiro atoms. The van der Waals surface area contributed by atoms with E-state index in [1.165, 1.54) is 29.5 Å². The molecule has 0 atom stereocenters. The number of hydrogen-bond donors (Lipinski definition) is 0. The highest BCUT2D eigenvalue weighted by Gasteiger charge is 2.02. The molecule has 0 nitrogen and oxygen atoms in total. The normalized spacial score (nSPS) is 11.0. The van der Waals surface area contributed by atoms with Crippen molar-refractivity contribution in [3.63, 3.8) is 0 Å². The number of hydrogen-bond acceptors (Lipinski definition) is 1. The molecule has 0 heterocycles. The van der Waals surface area contributed by atoms with E-state index >= 15 is 0 Å². The molecule has 2 rings (SSSR count). The van der Waals surface area contributed by atoms with E-state index in [2.05, 4.69) is 56.3 Å². The summed E-state index contributed by atoms with van der Waals surface area (Å²) in [5.74, 6) is 0. The van der Waals surface area contributed by atoms with Crippen molar-refractivity contribution in [2.75, 3.05) is 0 Å². The van der Waals surface area contributed by atoms with Crippen molar-refractivity contribution in [1.29, 1.82) is 0 Å². The van der Waals surface area contributed by atoms with Crippen LogP contribution in [0, 0.1) is 0 Å². The van der Waals surface area contributed by atoms with E-state index in [1.54, 1.807) is 0 Å². The third-order valence-corrected chi connectivity index (χ3v) is 4.26. The fourth-order valence-electron chi connectivity index (χ4n) is 2.49. The second-order valence-electron chi connectivity index (χ2n) is 5.55. The van der Waals surface area contributed by atoms with Crippen LogP contribution in [-0.2, 0) is 12.8 Å². The molecule has 0 aromatic heterocycles. The number of unbranched alkanes of at least 4 members (excludes halogenated alkanes) is 1. The second-order valence-corrected chi connectivity index (χ2v) is 5.99. The van der Waals surface area contributed by atoms with Crippen molar-refractivity contribution in [2.24, 2.45) is 0 Å². The van der Waals surface area contributed by atoms with E-state index in [-0.39, 0.29) is 0 Å². The van der Waals surface area contributed by atoms with Gasteiger partial charge in [0.1, 0.15) is 0 Å². The Balaban J connectivity index is 2.20.